The number of nitrogens with one attached hydrogen (secondary N) is 1. The van der Waals surface area contributed by atoms with Gasteiger partial charge in [0.25, 0.3) is 0 Å². The lowest BCUT2D eigenvalue weighted by Gasteiger charge is -2.31. The van der Waals surface area contributed by atoms with E-state index in [1.807, 2.05) is 12.2 Å². The first-order valence-corrected chi connectivity index (χ1v) is 13.7. The van der Waals surface area contributed by atoms with Crippen LogP contribution in [0, 0.1) is 17.8 Å². The maximum atomic E-state index is 13.2. The van der Waals surface area contributed by atoms with E-state index in [2.05, 4.69) is 4.72 Å². The van der Waals surface area contributed by atoms with Crippen LogP contribution in [0.3, 0.4) is 0 Å². The van der Waals surface area contributed by atoms with Gasteiger partial charge in [-0.15, -0.1) is 0 Å². The standard InChI is InChI=1S/C27H30F3NO4S/c28-27(29,30)22-13-9-18(10-14-22)19-11-15-23(16-12-19)36(34,35)31-26-21-8-7-20(17-21)24(26)5-3-1-2-4-6-25(32)33/h1,3,9-16,20-21,24,26,31H,2,4-8,17H2,(H,32,33)/b3-1-/t20-,21+,24+,26+/m0/s1. The van der Waals surface area contributed by atoms with Crippen LogP contribution in [0.5, 0.6) is 0 Å². The van der Waals surface area contributed by atoms with Gasteiger partial charge in [-0.1, -0.05) is 36.4 Å². The van der Waals surface area contributed by atoms with Crippen LogP contribution < -0.4 is 4.72 Å². The van der Waals surface area contributed by atoms with E-state index in [1.165, 1.54) is 24.3 Å². The van der Waals surface area contributed by atoms with Crippen LogP contribution in [0.15, 0.2) is 65.6 Å². The molecule has 2 saturated carbocycles. The lowest BCUT2D eigenvalue weighted by molar-refractivity contribution is -0.138. The molecule has 2 fully saturated rings. The number of rotatable bonds is 10. The zero-order chi connectivity index (χ0) is 25.9. The summed E-state index contributed by atoms with van der Waals surface area (Å²) in [5.74, 6) is 0.189. The van der Waals surface area contributed by atoms with Crippen LogP contribution in [0.1, 0.15) is 50.5 Å². The van der Waals surface area contributed by atoms with Crippen molar-refractivity contribution in [2.75, 3.05) is 0 Å². The first-order chi connectivity index (χ1) is 17.0. The summed E-state index contributed by atoms with van der Waals surface area (Å²) in [7, 11) is -3.76. The van der Waals surface area contributed by atoms with Gasteiger partial charge in [0, 0.05) is 12.5 Å². The number of carboxylic acid groups (broad SMARTS) is 1. The van der Waals surface area contributed by atoms with E-state index in [-0.39, 0.29) is 23.3 Å². The summed E-state index contributed by atoms with van der Waals surface area (Å²) in [5, 5.41) is 8.73. The molecule has 0 amide bonds. The van der Waals surface area contributed by atoms with Crippen molar-refractivity contribution in [1.29, 1.82) is 0 Å². The molecule has 2 aliphatic rings. The van der Waals surface area contributed by atoms with E-state index in [1.54, 1.807) is 12.1 Å². The highest BCUT2D eigenvalue weighted by Gasteiger charge is 2.48. The van der Waals surface area contributed by atoms with E-state index < -0.39 is 27.7 Å². The predicted molar refractivity (Wildman–Crippen MR) is 131 cm³/mol. The number of hydrogen-bond donors (Lipinski definition) is 2. The van der Waals surface area contributed by atoms with E-state index >= 15 is 0 Å². The zero-order valence-electron chi connectivity index (χ0n) is 19.7. The second-order valence-corrected chi connectivity index (χ2v) is 11.5. The quantitative estimate of drug-likeness (QED) is 0.285. The summed E-state index contributed by atoms with van der Waals surface area (Å²) >= 11 is 0. The fourth-order valence-electron chi connectivity index (χ4n) is 5.60. The lowest BCUT2D eigenvalue weighted by atomic mass is 9.83. The molecule has 5 nitrogen and oxygen atoms in total. The Balaban J connectivity index is 1.41. The number of halogens is 3. The molecule has 0 heterocycles. The van der Waals surface area contributed by atoms with Gasteiger partial charge in [-0.05, 0) is 91.7 Å². The minimum Gasteiger partial charge on any atom is -0.481 e. The highest BCUT2D eigenvalue weighted by molar-refractivity contribution is 7.89. The van der Waals surface area contributed by atoms with Gasteiger partial charge in [-0.2, -0.15) is 13.2 Å². The number of benzene rings is 2. The molecule has 2 aromatic rings. The summed E-state index contributed by atoms with van der Waals surface area (Å²) in [5.41, 5.74) is 0.474. The van der Waals surface area contributed by atoms with Crippen LogP contribution in [0.4, 0.5) is 13.2 Å². The summed E-state index contributed by atoms with van der Waals surface area (Å²) in [6.07, 6.45) is 4.91. The van der Waals surface area contributed by atoms with Crippen molar-refractivity contribution < 1.29 is 31.5 Å². The van der Waals surface area contributed by atoms with Gasteiger partial charge in [0.1, 0.15) is 0 Å². The Morgan fingerprint density at radius 2 is 1.58 bits per heavy atom. The number of hydrogen-bond acceptors (Lipinski definition) is 3. The van der Waals surface area contributed by atoms with Crippen molar-refractivity contribution in [1.82, 2.24) is 4.72 Å². The minimum absolute atomic E-state index is 0.129. The van der Waals surface area contributed by atoms with E-state index in [0.29, 0.717) is 35.8 Å². The monoisotopic (exact) mass is 521 g/mol. The fraction of sp³-hybridized carbons (Fsp3) is 0.444. The van der Waals surface area contributed by atoms with Gasteiger partial charge in [0.2, 0.25) is 10.0 Å². The third-order valence-corrected chi connectivity index (χ3v) is 8.90. The SMILES string of the molecule is O=C(O)CCC/C=C\C[C@@H]1[C@H]2CC[C@H](C2)[C@H]1NS(=O)(=O)c1ccc(-c2ccc(C(F)(F)F)cc2)cc1. The Kier molecular flexibility index (Phi) is 7.90. The molecule has 0 saturated heterocycles. The molecule has 0 aromatic heterocycles. The zero-order valence-corrected chi connectivity index (χ0v) is 20.6. The summed E-state index contributed by atoms with van der Waals surface area (Å²) in [6, 6.07) is 10.8. The highest BCUT2D eigenvalue weighted by atomic mass is 32.2. The van der Waals surface area contributed by atoms with Crippen molar-refractivity contribution in [2.45, 2.75) is 62.1 Å². The van der Waals surface area contributed by atoms with Gasteiger partial charge < -0.3 is 5.11 Å². The van der Waals surface area contributed by atoms with Crippen LogP contribution in [0.2, 0.25) is 0 Å². The number of alkyl halides is 3. The molecule has 0 radical (unpaired) electrons. The molecule has 0 unspecified atom stereocenters. The molecular weight excluding hydrogens is 491 g/mol. The molecule has 2 bridgehead atoms. The molecule has 9 heteroatoms. The Bertz CT molecular complexity index is 1190. The molecule has 2 N–H and O–H groups in total. The van der Waals surface area contributed by atoms with Crippen molar-refractivity contribution in [3.05, 3.63) is 66.2 Å². The molecule has 4 atom stereocenters. The summed E-state index contributed by atoms with van der Waals surface area (Å²) in [4.78, 5) is 10.8. The van der Waals surface area contributed by atoms with E-state index in [0.717, 1.165) is 37.8 Å². The second-order valence-electron chi connectivity index (χ2n) is 9.74. The molecule has 0 spiro atoms. The second kappa shape index (κ2) is 10.8. The summed E-state index contributed by atoms with van der Waals surface area (Å²) < 4.78 is 67.7. The van der Waals surface area contributed by atoms with Gasteiger partial charge in [0.05, 0.1) is 10.5 Å². The van der Waals surface area contributed by atoms with Crippen molar-refractivity contribution in [2.24, 2.45) is 17.8 Å². The number of carbonyl (C=O) groups is 1. The van der Waals surface area contributed by atoms with Crippen LogP contribution in [-0.2, 0) is 21.0 Å². The van der Waals surface area contributed by atoms with Crippen molar-refractivity contribution >= 4 is 16.0 Å². The maximum absolute atomic E-state index is 13.2. The number of fused-ring (bicyclic) bond motifs is 2. The smallest absolute Gasteiger partial charge is 0.416 e. The van der Waals surface area contributed by atoms with Gasteiger partial charge in [-0.3, -0.25) is 4.79 Å². The number of carboxylic acids is 1. The average Bonchev–Trinajstić information content (AvgIpc) is 3.43. The minimum atomic E-state index is -4.41. The largest absolute Gasteiger partial charge is 0.481 e. The highest BCUT2D eigenvalue weighted by Crippen LogP contribution is 2.50. The number of unbranched alkanes of at least 4 members (excludes halogenated alkanes) is 1. The molecule has 0 aliphatic heterocycles. The average molecular weight is 522 g/mol. The maximum Gasteiger partial charge on any atom is 0.416 e. The Hall–Kier alpha value is -2.65. The predicted octanol–water partition coefficient (Wildman–Crippen LogP) is 6.27. The molecule has 4 rings (SSSR count). The summed E-state index contributed by atoms with van der Waals surface area (Å²) in [6.45, 7) is 0. The number of allylic oxidation sites excluding steroid dienone is 2. The van der Waals surface area contributed by atoms with Gasteiger partial charge >= 0.3 is 12.1 Å². The molecule has 194 valence electrons. The first-order valence-electron chi connectivity index (χ1n) is 12.2. The molecule has 2 aliphatic carbocycles. The third kappa shape index (κ3) is 6.18. The number of sulfonamides is 1. The van der Waals surface area contributed by atoms with Crippen molar-refractivity contribution in [3.63, 3.8) is 0 Å². The fourth-order valence-corrected chi connectivity index (χ4v) is 6.96. The van der Waals surface area contributed by atoms with E-state index in [4.69, 9.17) is 5.11 Å². The van der Waals surface area contributed by atoms with Crippen LogP contribution in [0.25, 0.3) is 11.1 Å². The first kappa shape index (κ1) is 26.4. The normalized spacial score (nSPS) is 24.0. The molecular formula is C27H30F3NO4S. The molecule has 2 aromatic carbocycles. The Morgan fingerprint density at radius 3 is 2.19 bits per heavy atom. The van der Waals surface area contributed by atoms with Crippen LogP contribution in [-0.4, -0.2) is 25.5 Å². The Morgan fingerprint density at radius 1 is 0.972 bits per heavy atom. The molecule has 36 heavy (non-hydrogen) atoms. The Labute approximate surface area is 209 Å². The van der Waals surface area contributed by atoms with E-state index in [9.17, 15) is 26.4 Å². The van der Waals surface area contributed by atoms with Gasteiger partial charge in [0.15, 0.2) is 0 Å². The van der Waals surface area contributed by atoms with Gasteiger partial charge in [-0.25, -0.2) is 13.1 Å². The lowest BCUT2D eigenvalue weighted by Crippen LogP contribution is -2.43. The topological polar surface area (TPSA) is 83.5 Å². The van der Waals surface area contributed by atoms with Crippen LogP contribution >= 0.6 is 0 Å². The van der Waals surface area contributed by atoms with Crippen molar-refractivity contribution in [3.8, 4) is 11.1 Å². The third-order valence-electron chi connectivity index (χ3n) is 7.43. The number of aliphatic carboxylic acids is 1.